The minimum atomic E-state index is -0.513. The van der Waals surface area contributed by atoms with Crippen molar-refractivity contribution in [3.8, 4) is 0 Å². The van der Waals surface area contributed by atoms with Crippen molar-refractivity contribution < 1.29 is 4.79 Å². The second kappa shape index (κ2) is 6.98. The molecule has 0 bridgehead atoms. The molecule has 0 unspecified atom stereocenters. The molecule has 5 heteroatoms. The molecule has 3 nitrogen and oxygen atoms in total. The van der Waals surface area contributed by atoms with Crippen LogP contribution in [-0.2, 0) is 11.3 Å². The molecule has 1 rings (SSSR count). The van der Waals surface area contributed by atoms with Gasteiger partial charge < -0.3 is 10.6 Å². The number of halogens is 2. The Morgan fingerprint density at radius 3 is 2.28 bits per heavy atom. The number of carbonyl (C=O) groups excluding carboxylic acids is 1. The van der Waals surface area contributed by atoms with Crippen molar-refractivity contribution in [1.29, 1.82) is 0 Å². The summed E-state index contributed by atoms with van der Waals surface area (Å²) in [6, 6.07) is 7.48. The van der Waals surface area contributed by atoms with Crippen LogP contribution in [0.25, 0.3) is 0 Å². The van der Waals surface area contributed by atoms with Gasteiger partial charge in [0.05, 0.1) is 5.41 Å². The molecule has 0 saturated carbocycles. The summed E-state index contributed by atoms with van der Waals surface area (Å²) in [4.78, 5) is 13.8. The van der Waals surface area contributed by atoms with Crippen LogP contribution in [-0.4, -0.2) is 24.4 Å². The molecule has 0 saturated heterocycles. The fourth-order valence-corrected chi connectivity index (χ4v) is 1.67. The molecule has 18 heavy (non-hydrogen) atoms. The van der Waals surface area contributed by atoms with Crippen LogP contribution in [0.5, 0.6) is 0 Å². The van der Waals surface area contributed by atoms with Crippen molar-refractivity contribution in [2.24, 2.45) is 11.1 Å². The van der Waals surface area contributed by atoms with Crippen LogP contribution in [0, 0.1) is 5.41 Å². The van der Waals surface area contributed by atoms with E-state index in [1.807, 2.05) is 38.1 Å². The Labute approximate surface area is 120 Å². The van der Waals surface area contributed by atoms with Crippen LogP contribution >= 0.6 is 24.0 Å². The Morgan fingerprint density at radius 2 is 1.83 bits per heavy atom. The maximum atomic E-state index is 12.1. The van der Waals surface area contributed by atoms with E-state index in [1.165, 1.54) is 0 Å². The van der Waals surface area contributed by atoms with Gasteiger partial charge in [-0.05, 0) is 31.5 Å². The van der Waals surface area contributed by atoms with E-state index in [2.05, 4.69) is 0 Å². The lowest BCUT2D eigenvalue weighted by Crippen LogP contribution is -2.42. The van der Waals surface area contributed by atoms with E-state index in [1.54, 1.807) is 11.9 Å². The zero-order valence-electron chi connectivity index (χ0n) is 10.9. The maximum absolute atomic E-state index is 12.1. The minimum Gasteiger partial charge on any atom is -0.341 e. The van der Waals surface area contributed by atoms with E-state index < -0.39 is 5.41 Å². The summed E-state index contributed by atoms with van der Waals surface area (Å²) in [6.07, 6.45) is 0. The predicted molar refractivity (Wildman–Crippen MR) is 78.0 cm³/mol. The molecule has 0 aliphatic rings. The van der Waals surface area contributed by atoms with Gasteiger partial charge in [-0.1, -0.05) is 23.7 Å². The van der Waals surface area contributed by atoms with Gasteiger partial charge in [0.15, 0.2) is 0 Å². The molecule has 102 valence electrons. The molecule has 0 heterocycles. The molecular formula is C13H20Cl2N2O. The first-order chi connectivity index (χ1) is 7.86. The smallest absolute Gasteiger partial charge is 0.229 e. The van der Waals surface area contributed by atoms with E-state index >= 15 is 0 Å². The van der Waals surface area contributed by atoms with E-state index in [4.69, 9.17) is 17.3 Å². The van der Waals surface area contributed by atoms with E-state index in [9.17, 15) is 4.79 Å². The van der Waals surface area contributed by atoms with Gasteiger partial charge >= 0.3 is 0 Å². The third kappa shape index (κ3) is 4.48. The molecule has 1 aromatic carbocycles. The highest BCUT2D eigenvalue weighted by Gasteiger charge is 2.28. The van der Waals surface area contributed by atoms with Crippen molar-refractivity contribution in [1.82, 2.24) is 4.90 Å². The number of carbonyl (C=O) groups is 1. The van der Waals surface area contributed by atoms with Crippen LogP contribution in [0.4, 0.5) is 0 Å². The van der Waals surface area contributed by atoms with E-state index in [0.717, 1.165) is 5.56 Å². The van der Waals surface area contributed by atoms with Gasteiger partial charge in [-0.15, -0.1) is 12.4 Å². The summed E-state index contributed by atoms with van der Waals surface area (Å²) in [5.74, 6) is 0.0509. The fraction of sp³-hybridized carbons (Fsp3) is 0.462. The molecule has 0 atom stereocenters. The molecule has 0 fully saturated rings. The van der Waals surface area contributed by atoms with E-state index in [-0.39, 0.29) is 18.3 Å². The number of rotatable bonds is 4. The van der Waals surface area contributed by atoms with Crippen LogP contribution in [0.3, 0.4) is 0 Å². The summed E-state index contributed by atoms with van der Waals surface area (Å²) in [6.45, 7) is 4.62. The fourth-order valence-electron chi connectivity index (χ4n) is 1.54. The summed E-state index contributed by atoms with van der Waals surface area (Å²) in [7, 11) is 1.79. The highest BCUT2D eigenvalue weighted by Crippen LogP contribution is 2.18. The Bertz CT molecular complexity index is 390. The van der Waals surface area contributed by atoms with Crippen LogP contribution < -0.4 is 5.73 Å². The van der Waals surface area contributed by atoms with Gasteiger partial charge in [-0.25, -0.2) is 0 Å². The van der Waals surface area contributed by atoms with Crippen molar-refractivity contribution >= 4 is 29.9 Å². The average Bonchev–Trinajstić information content (AvgIpc) is 2.31. The topological polar surface area (TPSA) is 46.3 Å². The minimum absolute atomic E-state index is 0. The standard InChI is InChI=1S/C13H19ClN2O.ClH/c1-13(2,9-15)12(17)16(3)8-10-4-6-11(14)7-5-10;/h4-7H,8-9,15H2,1-3H3;1H. The summed E-state index contributed by atoms with van der Waals surface area (Å²) in [5, 5.41) is 0.699. The van der Waals surface area contributed by atoms with Crippen molar-refractivity contribution in [3.05, 3.63) is 34.9 Å². The number of benzene rings is 1. The maximum Gasteiger partial charge on any atom is 0.229 e. The SMILES string of the molecule is CN(Cc1ccc(Cl)cc1)C(=O)C(C)(C)CN.Cl. The first kappa shape index (κ1) is 17.2. The van der Waals surface area contributed by atoms with Crippen molar-refractivity contribution in [2.45, 2.75) is 20.4 Å². The lowest BCUT2D eigenvalue weighted by atomic mass is 9.92. The van der Waals surface area contributed by atoms with Gasteiger partial charge in [0, 0.05) is 25.2 Å². The number of amides is 1. The zero-order chi connectivity index (χ0) is 13.1. The normalized spacial score (nSPS) is 10.7. The van der Waals surface area contributed by atoms with E-state index in [0.29, 0.717) is 18.1 Å². The van der Waals surface area contributed by atoms with Crippen molar-refractivity contribution in [3.63, 3.8) is 0 Å². The molecule has 1 aromatic rings. The Kier molecular flexibility index (Phi) is 6.68. The average molecular weight is 291 g/mol. The molecule has 0 radical (unpaired) electrons. The predicted octanol–water partition coefficient (Wildman–Crippen LogP) is 2.71. The molecule has 0 aliphatic carbocycles. The van der Waals surface area contributed by atoms with Gasteiger partial charge in [-0.3, -0.25) is 4.79 Å². The monoisotopic (exact) mass is 290 g/mol. The second-order valence-corrected chi connectivity index (χ2v) is 5.31. The second-order valence-electron chi connectivity index (χ2n) is 4.88. The number of hydrogen-bond donors (Lipinski definition) is 1. The zero-order valence-corrected chi connectivity index (χ0v) is 12.5. The Hall–Kier alpha value is -0.770. The lowest BCUT2D eigenvalue weighted by Gasteiger charge is -2.28. The Morgan fingerprint density at radius 1 is 1.33 bits per heavy atom. The third-order valence-electron chi connectivity index (χ3n) is 2.77. The third-order valence-corrected chi connectivity index (χ3v) is 3.02. The van der Waals surface area contributed by atoms with Crippen LogP contribution in [0.1, 0.15) is 19.4 Å². The first-order valence-electron chi connectivity index (χ1n) is 5.57. The Balaban J connectivity index is 0.00000289. The molecule has 0 spiro atoms. The number of hydrogen-bond acceptors (Lipinski definition) is 2. The van der Waals surface area contributed by atoms with Crippen LogP contribution in [0.15, 0.2) is 24.3 Å². The highest BCUT2D eigenvalue weighted by molar-refractivity contribution is 6.30. The van der Waals surface area contributed by atoms with Gasteiger partial charge in [0.25, 0.3) is 0 Å². The summed E-state index contributed by atoms with van der Waals surface area (Å²) < 4.78 is 0. The molecule has 1 amide bonds. The number of nitrogens with zero attached hydrogens (tertiary/aromatic N) is 1. The molecular weight excluding hydrogens is 271 g/mol. The molecule has 0 aliphatic heterocycles. The van der Waals surface area contributed by atoms with Crippen LogP contribution in [0.2, 0.25) is 5.02 Å². The summed E-state index contributed by atoms with van der Waals surface area (Å²) in [5.41, 5.74) is 6.13. The molecule has 0 aromatic heterocycles. The first-order valence-corrected chi connectivity index (χ1v) is 5.94. The molecule has 2 N–H and O–H groups in total. The van der Waals surface area contributed by atoms with Gasteiger partial charge in [0.2, 0.25) is 5.91 Å². The quantitative estimate of drug-likeness (QED) is 0.927. The van der Waals surface area contributed by atoms with Crippen molar-refractivity contribution in [2.75, 3.05) is 13.6 Å². The van der Waals surface area contributed by atoms with Gasteiger partial charge in [-0.2, -0.15) is 0 Å². The summed E-state index contributed by atoms with van der Waals surface area (Å²) >= 11 is 5.81. The largest absolute Gasteiger partial charge is 0.341 e. The lowest BCUT2D eigenvalue weighted by molar-refractivity contribution is -0.139. The van der Waals surface area contributed by atoms with Gasteiger partial charge in [0.1, 0.15) is 0 Å². The highest BCUT2D eigenvalue weighted by atomic mass is 35.5. The number of nitrogens with two attached hydrogens (primary N) is 1.